The molecule has 0 unspecified atom stereocenters. The van der Waals surface area contributed by atoms with E-state index < -0.39 is 0 Å². The van der Waals surface area contributed by atoms with Gasteiger partial charge in [-0.1, -0.05) is 27.5 Å². The Bertz CT molecular complexity index is 1350. The fraction of sp³-hybridized carbons (Fsp3) is 0. The zero-order valence-electron chi connectivity index (χ0n) is 14.8. The van der Waals surface area contributed by atoms with Crippen LogP contribution < -0.4 is 5.43 Å². The van der Waals surface area contributed by atoms with E-state index >= 15 is 0 Å². The maximum atomic E-state index is 5.97. The summed E-state index contributed by atoms with van der Waals surface area (Å²) < 4.78 is 2.69. The highest BCUT2D eigenvalue weighted by Gasteiger charge is 2.10. The molecule has 0 amide bonds. The van der Waals surface area contributed by atoms with E-state index in [1.165, 1.54) is 0 Å². The monoisotopic (exact) mass is 465 g/mol. The predicted octanol–water partition coefficient (Wildman–Crippen LogP) is 5.13. The summed E-state index contributed by atoms with van der Waals surface area (Å²) in [5.74, 6) is 1.20. The van der Waals surface area contributed by atoms with Crippen molar-refractivity contribution in [1.29, 1.82) is 0 Å². The number of aromatic amines is 1. The first-order valence-corrected chi connectivity index (χ1v) is 9.88. The normalized spacial score (nSPS) is 11.7. The van der Waals surface area contributed by atoms with Crippen molar-refractivity contribution in [3.63, 3.8) is 0 Å². The lowest BCUT2D eigenvalue weighted by atomic mass is 10.2. The number of fused-ring (bicyclic) bond motifs is 2. The van der Waals surface area contributed by atoms with Gasteiger partial charge in [0.1, 0.15) is 0 Å². The molecule has 0 bridgehead atoms. The van der Waals surface area contributed by atoms with Crippen LogP contribution in [0.5, 0.6) is 0 Å². The lowest BCUT2D eigenvalue weighted by Crippen LogP contribution is -2.00. The van der Waals surface area contributed by atoms with Gasteiger partial charge in [0, 0.05) is 37.7 Å². The lowest BCUT2D eigenvalue weighted by Gasteiger charge is -2.02. The number of nitrogens with zero attached hydrogens (tertiary/aromatic N) is 5. The third-order valence-electron chi connectivity index (χ3n) is 4.42. The van der Waals surface area contributed by atoms with Crippen molar-refractivity contribution < 1.29 is 0 Å². The van der Waals surface area contributed by atoms with Gasteiger partial charge in [-0.3, -0.25) is 5.43 Å². The van der Waals surface area contributed by atoms with Crippen LogP contribution in [0.4, 0.5) is 5.82 Å². The number of benzene rings is 2. The van der Waals surface area contributed by atoms with Gasteiger partial charge in [-0.2, -0.15) is 9.62 Å². The van der Waals surface area contributed by atoms with Crippen LogP contribution in [0.15, 0.2) is 70.4 Å². The number of nitrogens with one attached hydrogen (secondary N) is 2. The Morgan fingerprint density at radius 2 is 1.93 bits per heavy atom. The highest BCUT2D eigenvalue weighted by Crippen LogP contribution is 2.22. The van der Waals surface area contributed by atoms with Gasteiger partial charge >= 0.3 is 0 Å². The van der Waals surface area contributed by atoms with E-state index in [1.54, 1.807) is 16.8 Å². The molecule has 5 aromatic rings. The predicted molar refractivity (Wildman–Crippen MR) is 118 cm³/mol. The minimum Gasteiger partial charge on any atom is -0.361 e. The summed E-state index contributed by atoms with van der Waals surface area (Å²) in [6.45, 7) is 0. The Balaban J connectivity index is 1.43. The Morgan fingerprint density at radius 1 is 1.07 bits per heavy atom. The molecular formula is C20H13BrClN7. The first-order valence-electron chi connectivity index (χ1n) is 8.71. The topological polar surface area (TPSA) is 83.3 Å². The zero-order valence-corrected chi connectivity index (χ0v) is 17.2. The van der Waals surface area contributed by atoms with Crippen molar-refractivity contribution in [3.8, 4) is 11.4 Å². The van der Waals surface area contributed by atoms with E-state index in [9.17, 15) is 0 Å². The van der Waals surface area contributed by atoms with Gasteiger partial charge in [-0.15, -0.1) is 15.3 Å². The molecule has 0 aliphatic heterocycles. The van der Waals surface area contributed by atoms with Crippen molar-refractivity contribution in [2.24, 2.45) is 5.10 Å². The number of hydrogen-bond donors (Lipinski definition) is 2. The molecule has 2 aromatic carbocycles. The van der Waals surface area contributed by atoms with E-state index in [0.29, 0.717) is 22.3 Å². The van der Waals surface area contributed by atoms with Crippen molar-refractivity contribution in [2.45, 2.75) is 0 Å². The van der Waals surface area contributed by atoms with E-state index in [2.05, 4.69) is 46.7 Å². The second-order valence-corrected chi connectivity index (χ2v) is 7.68. The fourth-order valence-electron chi connectivity index (χ4n) is 3.02. The average Bonchev–Trinajstić information content (AvgIpc) is 3.32. The van der Waals surface area contributed by atoms with Gasteiger partial charge in [-0.05, 0) is 54.6 Å². The second-order valence-electron chi connectivity index (χ2n) is 6.32. The molecular weight excluding hydrogens is 454 g/mol. The summed E-state index contributed by atoms with van der Waals surface area (Å²) in [6, 6.07) is 17.1. The second kappa shape index (κ2) is 7.31. The molecule has 5 rings (SSSR count). The Morgan fingerprint density at radius 3 is 2.79 bits per heavy atom. The van der Waals surface area contributed by atoms with Gasteiger partial charge < -0.3 is 4.98 Å². The molecule has 2 N–H and O–H groups in total. The molecule has 3 aromatic heterocycles. The number of hydrazone groups is 1. The molecule has 0 saturated carbocycles. The van der Waals surface area contributed by atoms with Gasteiger partial charge in [0.25, 0.3) is 0 Å². The van der Waals surface area contributed by atoms with Gasteiger partial charge in [0.2, 0.25) is 0 Å². The minimum atomic E-state index is 0.574. The van der Waals surface area contributed by atoms with Gasteiger partial charge in [0.05, 0.1) is 6.21 Å². The van der Waals surface area contributed by atoms with Crippen LogP contribution in [-0.2, 0) is 0 Å². The molecule has 0 fully saturated rings. The summed E-state index contributed by atoms with van der Waals surface area (Å²) in [4.78, 5) is 3.23. The molecule has 142 valence electrons. The summed E-state index contributed by atoms with van der Waals surface area (Å²) in [7, 11) is 0. The Kier molecular flexibility index (Phi) is 4.49. The number of rotatable bonds is 4. The largest absolute Gasteiger partial charge is 0.361 e. The highest BCUT2D eigenvalue weighted by molar-refractivity contribution is 9.10. The summed E-state index contributed by atoms with van der Waals surface area (Å²) in [6.07, 6.45) is 3.67. The number of halogens is 2. The van der Waals surface area contributed by atoms with Crippen LogP contribution in [0.25, 0.3) is 27.9 Å². The zero-order chi connectivity index (χ0) is 19.8. The SMILES string of the molecule is Clc1ccc(-c2nnc3ccc(NN=Cc4c[nH]c5ccc(Br)cc45)nn23)cc1. The smallest absolute Gasteiger partial charge is 0.185 e. The molecule has 0 atom stereocenters. The number of aromatic nitrogens is 5. The number of anilines is 1. The Hall–Kier alpha value is -3.23. The highest BCUT2D eigenvalue weighted by atomic mass is 79.9. The molecule has 0 spiro atoms. The molecule has 7 nitrogen and oxygen atoms in total. The minimum absolute atomic E-state index is 0.574. The average molecular weight is 467 g/mol. The van der Waals surface area contributed by atoms with Crippen molar-refractivity contribution >= 4 is 56.1 Å². The fourth-order valence-corrected chi connectivity index (χ4v) is 3.50. The maximum absolute atomic E-state index is 5.97. The molecule has 29 heavy (non-hydrogen) atoms. The number of H-pyrrole nitrogens is 1. The quantitative estimate of drug-likeness (QED) is 0.284. The van der Waals surface area contributed by atoms with Crippen LogP contribution in [0.1, 0.15) is 5.56 Å². The standard InChI is InChI=1S/C20H13BrClN7/c21-14-3-6-17-16(9-14)13(10-23-17)11-24-25-18-7-8-19-26-27-20(29(19)28-18)12-1-4-15(22)5-2-12/h1-11,23H,(H,25,28). The van der Waals surface area contributed by atoms with Crippen LogP contribution in [0, 0.1) is 0 Å². The summed E-state index contributed by atoms with van der Waals surface area (Å²) in [5.41, 5.74) is 6.51. The van der Waals surface area contributed by atoms with E-state index in [4.69, 9.17) is 11.6 Å². The summed E-state index contributed by atoms with van der Waals surface area (Å²) in [5, 5.41) is 19.0. The lowest BCUT2D eigenvalue weighted by molar-refractivity contribution is 0.934. The van der Waals surface area contributed by atoms with Gasteiger partial charge in [-0.25, -0.2) is 0 Å². The van der Waals surface area contributed by atoms with E-state index in [1.807, 2.05) is 54.7 Å². The molecule has 0 radical (unpaired) electrons. The van der Waals surface area contributed by atoms with E-state index in [0.717, 1.165) is 26.5 Å². The first kappa shape index (κ1) is 17.8. The molecule has 0 aliphatic rings. The molecule has 0 saturated heterocycles. The summed E-state index contributed by atoms with van der Waals surface area (Å²) >= 11 is 9.47. The van der Waals surface area contributed by atoms with Crippen molar-refractivity contribution in [3.05, 3.63) is 75.9 Å². The van der Waals surface area contributed by atoms with Crippen LogP contribution in [0.2, 0.25) is 5.02 Å². The molecule has 3 heterocycles. The maximum Gasteiger partial charge on any atom is 0.185 e. The van der Waals surface area contributed by atoms with Crippen LogP contribution in [0.3, 0.4) is 0 Å². The Labute approximate surface area is 178 Å². The van der Waals surface area contributed by atoms with Crippen LogP contribution in [-0.4, -0.2) is 31.0 Å². The molecule has 0 aliphatic carbocycles. The third kappa shape index (κ3) is 3.48. The van der Waals surface area contributed by atoms with Gasteiger partial charge in [0.15, 0.2) is 17.3 Å². The third-order valence-corrected chi connectivity index (χ3v) is 5.17. The first-order chi connectivity index (χ1) is 14.2. The molecule has 9 heteroatoms. The van der Waals surface area contributed by atoms with Crippen molar-refractivity contribution in [2.75, 3.05) is 5.43 Å². The van der Waals surface area contributed by atoms with Crippen LogP contribution >= 0.6 is 27.5 Å². The number of hydrogen-bond acceptors (Lipinski definition) is 5. The van der Waals surface area contributed by atoms with Crippen molar-refractivity contribution in [1.82, 2.24) is 24.8 Å². The van der Waals surface area contributed by atoms with E-state index in [-0.39, 0.29) is 0 Å².